The Morgan fingerprint density at radius 1 is 1.53 bits per heavy atom. The highest BCUT2D eigenvalue weighted by atomic mass is 16.3. The van der Waals surface area contributed by atoms with E-state index in [4.69, 9.17) is 4.42 Å². The van der Waals surface area contributed by atoms with Crippen LogP contribution in [0.15, 0.2) is 23.1 Å². The summed E-state index contributed by atoms with van der Waals surface area (Å²) in [4.78, 5) is 16.1. The van der Waals surface area contributed by atoms with E-state index >= 15 is 0 Å². The van der Waals surface area contributed by atoms with Crippen LogP contribution in [0.5, 0.6) is 0 Å². The lowest BCUT2D eigenvalue weighted by atomic mass is 10.1. The molecular weight excluding hydrogens is 218 g/mol. The van der Waals surface area contributed by atoms with Gasteiger partial charge in [-0.1, -0.05) is 0 Å². The van der Waals surface area contributed by atoms with Gasteiger partial charge in [-0.15, -0.1) is 0 Å². The number of ketones is 1. The van der Waals surface area contributed by atoms with Crippen LogP contribution >= 0.6 is 0 Å². The number of hydrogen-bond acceptors (Lipinski definition) is 4. The molecule has 0 bridgehead atoms. The third-order valence-corrected chi connectivity index (χ3v) is 2.61. The SMILES string of the molecule is Cc1occc1C(=O)Cc1ncnn1C(C)C. The molecule has 0 atom stereocenters. The molecule has 0 unspecified atom stereocenters. The number of aromatic nitrogens is 3. The predicted molar refractivity (Wildman–Crippen MR) is 61.9 cm³/mol. The Bertz CT molecular complexity index is 525. The Hall–Kier alpha value is -1.91. The van der Waals surface area contributed by atoms with Gasteiger partial charge in [0.1, 0.15) is 17.9 Å². The highest BCUT2D eigenvalue weighted by molar-refractivity contribution is 5.97. The number of rotatable bonds is 4. The van der Waals surface area contributed by atoms with E-state index in [0.29, 0.717) is 17.1 Å². The van der Waals surface area contributed by atoms with Crippen molar-refractivity contribution >= 4 is 5.78 Å². The fourth-order valence-corrected chi connectivity index (χ4v) is 1.74. The van der Waals surface area contributed by atoms with Crippen LogP contribution in [0.3, 0.4) is 0 Å². The first-order valence-electron chi connectivity index (χ1n) is 5.55. The van der Waals surface area contributed by atoms with Crippen LogP contribution in [0, 0.1) is 6.92 Å². The molecule has 0 saturated carbocycles. The van der Waals surface area contributed by atoms with E-state index in [2.05, 4.69) is 10.1 Å². The topological polar surface area (TPSA) is 60.9 Å². The third kappa shape index (κ3) is 2.27. The number of hydrogen-bond donors (Lipinski definition) is 0. The number of aryl methyl sites for hydroxylation is 1. The van der Waals surface area contributed by atoms with Gasteiger partial charge in [0, 0.05) is 6.04 Å². The molecule has 5 nitrogen and oxygen atoms in total. The molecule has 0 aliphatic carbocycles. The van der Waals surface area contributed by atoms with Crippen molar-refractivity contribution in [2.24, 2.45) is 0 Å². The molecule has 5 heteroatoms. The number of nitrogens with zero attached hydrogens (tertiary/aromatic N) is 3. The standard InChI is InChI=1S/C12H15N3O2/c1-8(2)15-12(13-7-14-15)6-11(16)10-4-5-17-9(10)3/h4-5,7-8H,6H2,1-3H3. The Labute approximate surface area is 99.5 Å². The molecule has 2 aromatic heterocycles. The molecule has 90 valence electrons. The van der Waals surface area contributed by atoms with E-state index in [1.165, 1.54) is 12.6 Å². The summed E-state index contributed by atoms with van der Waals surface area (Å²) in [6.07, 6.45) is 3.25. The van der Waals surface area contributed by atoms with Crippen molar-refractivity contribution in [2.45, 2.75) is 33.2 Å². The molecule has 0 spiro atoms. The number of carbonyl (C=O) groups excluding carboxylic acids is 1. The van der Waals surface area contributed by atoms with E-state index < -0.39 is 0 Å². The summed E-state index contributed by atoms with van der Waals surface area (Å²) in [5.41, 5.74) is 0.614. The summed E-state index contributed by atoms with van der Waals surface area (Å²) in [5.74, 6) is 1.34. The van der Waals surface area contributed by atoms with E-state index in [1.807, 2.05) is 13.8 Å². The fourth-order valence-electron chi connectivity index (χ4n) is 1.74. The van der Waals surface area contributed by atoms with Crippen LogP contribution in [0.25, 0.3) is 0 Å². The largest absolute Gasteiger partial charge is 0.469 e. The van der Waals surface area contributed by atoms with Crippen molar-refractivity contribution in [1.29, 1.82) is 0 Å². The molecule has 17 heavy (non-hydrogen) atoms. The molecule has 0 radical (unpaired) electrons. The van der Waals surface area contributed by atoms with E-state index in [0.717, 1.165) is 0 Å². The second kappa shape index (κ2) is 4.53. The molecule has 0 fully saturated rings. The highest BCUT2D eigenvalue weighted by Crippen LogP contribution is 2.13. The van der Waals surface area contributed by atoms with Crippen molar-refractivity contribution < 1.29 is 9.21 Å². The molecule has 0 amide bonds. The van der Waals surface area contributed by atoms with Crippen molar-refractivity contribution in [1.82, 2.24) is 14.8 Å². The normalized spacial score (nSPS) is 11.1. The van der Waals surface area contributed by atoms with Gasteiger partial charge in [0.2, 0.25) is 0 Å². The molecule has 2 aromatic rings. The Balaban J connectivity index is 2.19. The maximum absolute atomic E-state index is 12.0. The number of furan rings is 1. The highest BCUT2D eigenvalue weighted by Gasteiger charge is 2.16. The Morgan fingerprint density at radius 2 is 2.29 bits per heavy atom. The molecule has 0 saturated heterocycles. The zero-order chi connectivity index (χ0) is 12.4. The molecule has 0 aliphatic heterocycles. The molecule has 0 aliphatic rings. The maximum Gasteiger partial charge on any atom is 0.173 e. The second-order valence-corrected chi connectivity index (χ2v) is 4.20. The zero-order valence-corrected chi connectivity index (χ0v) is 10.2. The van der Waals surface area contributed by atoms with Gasteiger partial charge in [0.05, 0.1) is 18.2 Å². The summed E-state index contributed by atoms with van der Waals surface area (Å²) >= 11 is 0. The van der Waals surface area contributed by atoms with Gasteiger partial charge in [-0.25, -0.2) is 9.67 Å². The first kappa shape index (κ1) is 11.6. The monoisotopic (exact) mass is 233 g/mol. The van der Waals surface area contributed by atoms with Crippen LogP contribution in [0.4, 0.5) is 0 Å². The lowest BCUT2D eigenvalue weighted by Crippen LogP contribution is -2.13. The average Bonchev–Trinajstić information content (AvgIpc) is 2.86. The molecule has 2 rings (SSSR count). The van der Waals surface area contributed by atoms with Crippen molar-refractivity contribution in [3.8, 4) is 0 Å². The third-order valence-electron chi connectivity index (χ3n) is 2.61. The summed E-state index contributed by atoms with van der Waals surface area (Å²) in [6, 6.07) is 1.89. The van der Waals surface area contributed by atoms with Crippen molar-refractivity contribution in [2.75, 3.05) is 0 Å². The lowest BCUT2D eigenvalue weighted by Gasteiger charge is -2.08. The molecule has 0 aromatic carbocycles. The predicted octanol–water partition coefficient (Wildman–Crippen LogP) is 2.19. The second-order valence-electron chi connectivity index (χ2n) is 4.20. The number of Topliss-reactive ketones (excluding diaryl/α,β-unsaturated/α-hetero) is 1. The quantitative estimate of drug-likeness (QED) is 0.759. The minimum absolute atomic E-state index is 0.00569. The first-order valence-corrected chi connectivity index (χ1v) is 5.55. The minimum atomic E-state index is 0.00569. The fraction of sp³-hybridized carbons (Fsp3) is 0.417. The van der Waals surface area contributed by atoms with Crippen LogP contribution in [0.1, 0.15) is 41.8 Å². The summed E-state index contributed by atoms with van der Waals surface area (Å²) in [6.45, 7) is 5.79. The van der Waals surface area contributed by atoms with Gasteiger partial charge >= 0.3 is 0 Å². The zero-order valence-electron chi connectivity index (χ0n) is 10.2. The smallest absolute Gasteiger partial charge is 0.173 e. The van der Waals surface area contributed by atoms with Crippen LogP contribution in [0.2, 0.25) is 0 Å². The first-order chi connectivity index (χ1) is 8.09. The van der Waals surface area contributed by atoms with Gasteiger partial charge in [0.15, 0.2) is 5.78 Å². The van der Waals surface area contributed by atoms with Crippen LogP contribution < -0.4 is 0 Å². The van der Waals surface area contributed by atoms with Gasteiger partial charge in [0.25, 0.3) is 0 Å². The molecule has 0 N–H and O–H groups in total. The van der Waals surface area contributed by atoms with Gasteiger partial charge in [-0.3, -0.25) is 4.79 Å². The summed E-state index contributed by atoms with van der Waals surface area (Å²) in [7, 11) is 0. The molecule has 2 heterocycles. The van der Waals surface area contributed by atoms with E-state index in [1.54, 1.807) is 17.7 Å². The van der Waals surface area contributed by atoms with E-state index in [9.17, 15) is 4.79 Å². The Kier molecular flexibility index (Phi) is 3.08. The van der Waals surface area contributed by atoms with Crippen molar-refractivity contribution in [3.63, 3.8) is 0 Å². The van der Waals surface area contributed by atoms with Gasteiger partial charge < -0.3 is 4.42 Å². The lowest BCUT2D eigenvalue weighted by molar-refractivity contribution is 0.0987. The van der Waals surface area contributed by atoms with Gasteiger partial charge in [-0.05, 0) is 26.8 Å². The van der Waals surface area contributed by atoms with Crippen molar-refractivity contribution in [3.05, 3.63) is 35.8 Å². The molecular formula is C12H15N3O2. The van der Waals surface area contributed by atoms with Crippen LogP contribution in [-0.2, 0) is 6.42 Å². The Morgan fingerprint density at radius 3 is 2.88 bits per heavy atom. The van der Waals surface area contributed by atoms with E-state index in [-0.39, 0.29) is 18.2 Å². The summed E-state index contributed by atoms with van der Waals surface area (Å²) < 4.78 is 6.88. The number of carbonyl (C=O) groups is 1. The van der Waals surface area contributed by atoms with Gasteiger partial charge in [-0.2, -0.15) is 5.10 Å². The minimum Gasteiger partial charge on any atom is -0.469 e. The average molecular weight is 233 g/mol. The summed E-state index contributed by atoms with van der Waals surface area (Å²) in [5, 5.41) is 4.10. The van der Waals surface area contributed by atoms with Crippen LogP contribution in [-0.4, -0.2) is 20.5 Å². The maximum atomic E-state index is 12.0.